The highest BCUT2D eigenvalue weighted by Crippen LogP contribution is 1.97. The Bertz CT molecular complexity index is 292. The molecule has 0 heterocycles. The van der Waals surface area contributed by atoms with Gasteiger partial charge in [0.2, 0.25) is 0 Å². The van der Waals surface area contributed by atoms with Crippen LogP contribution in [-0.4, -0.2) is 52.2 Å². The van der Waals surface area contributed by atoms with Gasteiger partial charge in [-0.15, -0.1) is 0 Å². The van der Waals surface area contributed by atoms with Gasteiger partial charge in [-0.1, -0.05) is 6.92 Å². The minimum absolute atomic E-state index is 0.444. The fourth-order valence-corrected chi connectivity index (χ4v) is 1.29. The first-order chi connectivity index (χ1) is 7.92. The number of carbonyl (C=O) groups excluding carboxylic acids is 1. The van der Waals surface area contributed by atoms with Gasteiger partial charge in [0.05, 0.1) is 6.42 Å². The molecule has 1 atom stereocenters. The summed E-state index contributed by atoms with van der Waals surface area (Å²) < 4.78 is 0. The molecular weight excluding hydrogens is 228 g/mol. The molecule has 0 rings (SSSR count). The van der Waals surface area contributed by atoms with Crippen LogP contribution in [0.3, 0.4) is 0 Å². The van der Waals surface area contributed by atoms with E-state index in [9.17, 15) is 14.4 Å². The molecule has 2 amide bonds. The van der Waals surface area contributed by atoms with Crippen molar-refractivity contribution in [2.75, 3.05) is 13.1 Å². The van der Waals surface area contributed by atoms with Gasteiger partial charge in [0.15, 0.2) is 0 Å². The fraction of sp³-hybridized carbons (Fsp3) is 0.700. The van der Waals surface area contributed by atoms with Crippen molar-refractivity contribution in [3.63, 3.8) is 0 Å². The molecular formula is C10H18N2O5. The molecule has 7 nitrogen and oxygen atoms in total. The van der Waals surface area contributed by atoms with Gasteiger partial charge in [0.1, 0.15) is 6.04 Å². The van der Waals surface area contributed by atoms with Crippen molar-refractivity contribution in [2.45, 2.75) is 32.7 Å². The maximum Gasteiger partial charge on any atom is 0.326 e. The molecule has 0 aromatic heterocycles. The number of carbonyl (C=O) groups is 3. The number of hydrogen-bond donors (Lipinski definition) is 3. The highest BCUT2D eigenvalue weighted by atomic mass is 16.4. The minimum Gasteiger partial charge on any atom is -0.481 e. The second kappa shape index (κ2) is 7.48. The Morgan fingerprint density at radius 3 is 2.18 bits per heavy atom. The predicted molar refractivity (Wildman–Crippen MR) is 59.7 cm³/mol. The second-order valence-electron chi connectivity index (χ2n) is 3.52. The zero-order valence-electron chi connectivity index (χ0n) is 9.97. The highest BCUT2D eigenvalue weighted by molar-refractivity contribution is 5.86. The van der Waals surface area contributed by atoms with Gasteiger partial charge < -0.3 is 20.4 Å². The summed E-state index contributed by atoms with van der Waals surface area (Å²) in [6.07, 6.45) is 0.114. The Balaban J connectivity index is 4.47. The quantitative estimate of drug-likeness (QED) is 0.601. The first-order valence-corrected chi connectivity index (χ1v) is 5.42. The summed E-state index contributed by atoms with van der Waals surface area (Å²) in [6.45, 7) is 4.60. The molecule has 98 valence electrons. The topological polar surface area (TPSA) is 107 Å². The van der Waals surface area contributed by atoms with Crippen LogP contribution in [0.2, 0.25) is 0 Å². The van der Waals surface area contributed by atoms with E-state index < -0.39 is 30.4 Å². The van der Waals surface area contributed by atoms with Crippen LogP contribution in [-0.2, 0) is 9.59 Å². The molecule has 0 bridgehead atoms. The number of carboxylic acid groups (broad SMARTS) is 2. The Kier molecular flexibility index (Phi) is 6.69. The monoisotopic (exact) mass is 246 g/mol. The van der Waals surface area contributed by atoms with Crippen molar-refractivity contribution in [2.24, 2.45) is 0 Å². The van der Waals surface area contributed by atoms with Crippen molar-refractivity contribution in [3.8, 4) is 0 Å². The summed E-state index contributed by atoms with van der Waals surface area (Å²) in [7, 11) is 0. The maximum atomic E-state index is 11.6. The van der Waals surface area contributed by atoms with E-state index >= 15 is 0 Å². The molecule has 0 unspecified atom stereocenters. The average Bonchev–Trinajstić information content (AvgIpc) is 2.23. The fourth-order valence-electron chi connectivity index (χ4n) is 1.29. The van der Waals surface area contributed by atoms with Crippen LogP contribution in [0, 0.1) is 0 Å². The number of nitrogens with zero attached hydrogens (tertiary/aromatic N) is 1. The highest BCUT2D eigenvalue weighted by Gasteiger charge is 2.24. The van der Waals surface area contributed by atoms with Crippen LogP contribution < -0.4 is 5.32 Å². The van der Waals surface area contributed by atoms with Gasteiger partial charge >= 0.3 is 18.0 Å². The van der Waals surface area contributed by atoms with E-state index in [1.807, 2.05) is 6.92 Å². The molecule has 0 aliphatic rings. The number of carboxylic acids is 2. The molecule has 0 spiro atoms. The summed E-state index contributed by atoms with van der Waals surface area (Å²) in [6, 6.07) is -1.95. The number of rotatable bonds is 7. The number of hydrogen-bond acceptors (Lipinski definition) is 3. The van der Waals surface area contributed by atoms with Crippen LogP contribution in [0.4, 0.5) is 4.79 Å². The van der Waals surface area contributed by atoms with Crippen LogP contribution in [0.15, 0.2) is 0 Å². The van der Waals surface area contributed by atoms with Crippen molar-refractivity contribution in [3.05, 3.63) is 0 Å². The van der Waals surface area contributed by atoms with E-state index in [-0.39, 0.29) is 0 Å². The zero-order chi connectivity index (χ0) is 13.4. The molecule has 0 aromatic rings. The van der Waals surface area contributed by atoms with Crippen LogP contribution in [0.5, 0.6) is 0 Å². The normalized spacial score (nSPS) is 11.6. The Morgan fingerprint density at radius 2 is 1.82 bits per heavy atom. The Hall–Kier alpha value is -1.79. The summed E-state index contributed by atoms with van der Waals surface area (Å²) in [5.74, 6) is -2.62. The molecule has 0 fully saturated rings. The lowest BCUT2D eigenvalue weighted by Crippen LogP contribution is -2.48. The van der Waals surface area contributed by atoms with Gasteiger partial charge in [-0.25, -0.2) is 9.59 Å². The van der Waals surface area contributed by atoms with Crippen molar-refractivity contribution < 1.29 is 24.6 Å². The molecule has 0 saturated heterocycles. The van der Waals surface area contributed by atoms with Crippen LogP contribution in [0.1, 0.15) is 26.7 Å². The first-order valence-electron chi connectivity index (χ1n) is 5.42. The molecule has 0 aliphatic carbocycles. The number of urea groups is 1. The van der Waals surface area contributed by atoms with E-state index in [2.05, 4.69) is 5.32 Å². The number of amides is 2. The summed E-state index contributed by atoms with van der Waals surface area (Å²) in [4.78, 5) is 34.2. The summed E-state index contributed by atoms with van der Waals surface area (Å²) in [5, 5.41) is 19.5. The van der Waals surface area contributed by atoms with E-state index in [0.29, 0.717) is 13.1 Å². The van der Waals surface area contributed by atoms with Gasteiger partial charge in [-0.05, 0) is 13.3 Å². The third-order valence-corrected chi connectivity index (χ3v) is 2.14. The standard InChI is InChI=1S/C10H18N2O5/c1-3-5-12(4-2)10(17)11-7(9(15)16)6-8(13)14/h7H,3-6H2,1-2H3,(H,11,17)(H,13,14)(H,15,16)/t7-/m0/s1. The maximum absolute atomic E-state index is 11.6. The van der Waals surface area contributed by atoms with Crippen molar-refractivity contribution in [1.29, 1.82) is 0 Å². The van der Waals surface area contributed by atoms with Crippen LogP contribution >= 0.6 is 0 Å². The molecule has 3 N–H and O–H groups in total. The van der Waals surface area contributed by atoms with Gasteiger partial charge in [0.25, 0.3) is 0 Å². The lowest BCUT2D eigenvalue weighted by molar-refractivity contribution is -0.145. The zero-order valence-corrected chi connectivity index (χ0v) is 9.97. The smallest absolute Gasteiger partial charge is 0.326 e. The SMILES string of the molecule is CCCN(CC)C(=O)N[C@@H](CC(=O)O)C(=O)O. The third-order valence-electron chi connectivity index (χ3n) is 2.14. The molecule has 0 radical (unpaired) electrons. The Labute approximate surface area is 99.4 Å². The van der Waals surface area contributed by atoms with Crippen molar-refractivity contribution in [1.82, 2.24) is 10.2 Å². The molecule has 0 saturated carbocycles. The Morgan fingerprint density at radius 1 is 1.24 bits per heavy atom. The minimum atomic E-state index is -1.40. The van der Waals surface area contributed by atoms with Gasteiger partial charge in [-0.3, -0.25) is 4.79 Å². The molecule has 7 heteroatoms. The van der Waals surface area contributed by atoms with E-state index in [4.69, 9.17) is 10.2 Å². The summed E-state index contributed by atoms with van der Waals surface area (Å²) >= 11 is 0. The van der Waals surface area contributed by atoms with E-state index in [0.717, 1.165) is 6.42 Å². The molecule has 0 aliphatic heterocycles. The van der Waals surface area contributed by atoms with Crippen molar-refractivity contribution >= 4 is 18.0 Å². The predicted octanol–water partition coefficient (Wildman–Crippen LogP) is 0.356. The van der Waals surface area contributed by atoms with Gasteiger partial charge in [0, 0.05) is 13.1 Å². The number of nitrogens with one attached hydrogen (secondary N) is 1. The van der Waals surface area contributed by atoms with E-state index in [1.165, 1.54) is 4.90 Å². The third kappa shape index (κ3) is 5.74. The second-order valence-corrected chi connectivity index (χ2v) is 3.52. The molecule has 0 aromatic carbocycles. The van der Waals surface area contributed by atoms with E-state index in [1.54, 1.807) is 6.92 Å². The number of aliphatic carboxylic acids is 2. The molecule has 17 heavy (non-hydrogen) atoms. The van der Waals surface area contributed by atoms with Gasteiger partial charge in [-0.2, -0.15) is 0 Å². The first kappa shape index (κ1) is 15.2. The average molecular weight is 246 g/mol. The largest absolute Gasteiger partial charge is 0.481 e. The lowest BCUT2D eigenvalue weighted by atomic mass is 10.2. The lowest BCUT2D eigenvalue weighted by Gasteiger charge is -2.22. The summed E-state index contributed by atoms with van der Waals surface area (Å²) in [5.41, 5.74) is 0. The van der Waals surface area contributed by atoms with Crippen LogP contribution in [0.25, 0.3) is 0 Å².